The first-order chi connectivity index (χ1) is 14.7. The van der Waals surface area contributed by atoms with Gasteiger partial charge in [0.1, 0.15) is 11.6 Å². The molecule has 156 valence electrons. The Bertz CT molecular complexity index is 1330. The average Bonchev–Trinajstić information content (AvgIpc) is 3.24. The minimum absolute atomic E-state index is 0.00893. The molecule has 0 radical (unpaired) electrons. The van der Waals surface area contributed by atoms with Gasteiger partial charge >= 0.3 is 0 Å². The number of rotatable bonds is 4. The zero-order chi connectivity index (χ0) is 22.3. The highest BCUT2D eigenvalue weighted by Gasteiger charge is 2.27. The highest BCUT2D eigenvalue weighted by atomic mass is 16.6. The van der Waals surface area contributed by atoms with Crippen LogP contribution >= 0.6 is 0 Å². The smallest absolute Gasteiger partial charge is 0.269 e. The minimum Gasteiger partial charge on any atom is -0.439 e. The van der Waals surface area contributed by atoms with Crippen molar-refractivity contribution in [1.29, 1.82) is 5.26 Å². The number of nitrogens with one attached hydrogen (secondary N) is 1. The number of hydrogen-bond donors (Lipinski definition) is 1. The summed E-state index contributed by atoms with van der Waals surface area (Å²) in [7, 11) is 1.95. The lowest BCUT2D eigenvalue weighted by Gasteiger charge is -2.21. The molecule has 4 rings (SSSR count). The number of nitriles is 1. The van der Waals surface area contributed by atoms with E-state index in [1.54, 1.807) is 12.1 Å². The maximum absolute atomic E-state index is 11.1. The topological polar surface area (TPSA) is 97.0 Å². The highest BCUT2D eigenvalue weighted by Crippen LogP contribution is 2.44. The lowest BCUT2D eigenvalue weighted by molar-refractivity contribution is -0.384. The second-order valence-corrected chi connectivity index (χ2v) is 8.47. The van der Waals surface area contributed by atoms with Gasteiger partial charge < -0.3 is 14.3 Å². The Labute approximate surface area is 179 Å². The van der Waals surface area contributed by atoms with Crippen molar-refractivity contribution in [3.05, 3.63) is 70.4 Å². The van der Waals surface area contributed by atoms with Crippen LogP contribution in [0.4, 0.5) is 11.6 Å². The third-order valence-corrected chi connectivity index (χ3v) is 5.02. The average molecular weight is 414 g/mol. The molecule has 0 atom stereocenters. The van der Waals surface area contributed by atoms with E-state index in [1.807, 2.05) is 62.8 Å². The molecule has 1 N–H and O–H groups in total. The molecule has 0 aliphatic heterocycles. The molecule has 0 bridgehead atoms. The second-order valence-electron chi connectivity index (χ2n) is 8.47. The van der Waals surface area contributed by atoms with Gasteiger partial charge in [-0.15, -0.1) is 0 Å². The van der Waals surface area contributed by atoms with Gasteiger partial charge in [-0.25, -0.2) is 0 Å². The molecule has 0 unspecified atom stereocenters. The van der Waals surface area contributed by atoms with E-state index >= 15 is 0 Å². The quantitative estimate of drug-likeness (QED) is 0.322. The number of benzene rings is 2. The normalized spacial score (nSPS) is 11.5. The molecule has 4 aromatic rings. The van der Waals surface area contributed by atoms with E-state index in [-0.39, 0.29) is 11.2 Å². The van der Waals surface area contributed by atoms with Gasteiger partial charge in [0.2, 0.25) is 5.88 Å². The maximum Gasteiger partial charge on any atom is 0.269 e. The Morgan fingerprint density at radius 1 is 1.13 bits per heavy atom. The van der Waals surface area contributed by atoms with Crippen LogP contribution in [0, 0.1) is 21.4 Å². The van der Waals surface area contributed by atoms with Crippen LogP contribution in [0.25, 0.3) is 33.4 Å². The van der Waals surface area contributed by atoms with E-state index in [0.717, 1.165) is 16.5 Å². The Kier molecular flexibility index (Phi) is 4.78. The van der Waals surface area contributed by atoms with Crippen LogP contribution in [-0.2, 0) is 7.05 Å². The third-order valence-electron chi connectivity index (χ3n) is 5.02. The fraction of sp³-hybridized carbons (Fsp3) is 0.208. The second kappa shape index (κ2) is 7.33. The van der Waals surface area contributed by atoms with Crippen LogP contribution in [0.15, 0.2) is 59.1 Å². The molecule has 7 heteroatoms. The van der Waals surface area contributed by atoms with Gasteiger partial charge in [-0.1, -0.05) is 18.2 Å². The van der Waals surface area contributed by atoms with E-state index in [2.05, 4.69) is 11.4 Å². The summed E-state index contributed by atoms with van der Waals surface area (Å²) in [6.45, 7) is 6.00. The Balaban J connectivity index is 1.99. The van der Waals surface area contributed by atoms with Crippen LogP contribution < -0.4 is 5.32 Å². The molecule has 0 aliphatic carbocycles. The third kappa shape index (κ3) is 3.64. The number of para-hydroxylation sites is 1. The fourth-order valence-electron chi connectivity index (χ4n) is 3.70. The van der Waals surface area contributed by atoms with Gasteiger partial charge in [0.05, 0.1) is 10.5 Å². The van der Waals surface area contributed by atoms with E-state index in [9.17, 15) is 15.4 Å². The number of non-ortho nitro benzene ring substituents is 1. The SMILES string of the molecule is Cn1cc(-c2oc(NC(C)(C)C)c(-c3ccc([N+](=O)[O-])cc3)c2C#N)c2ccccc21. The number of nitro benzene ring substituents is 1. The van der Waals surface area contributed by atoms with Crippen molar-refractivity contribution in [3.63, 3.8) is 0 Å². The van der Waals surface area contributed by atoms with Crippen molar-refractivity contribution < 1.29 is 9.34 Å². The summed E-state index contributed by atoms with van der Waals surface area (Å²) in [5.41, 5.74) is 3.16. The molecule has 31 heavy (non-hydrogen) atoms. The molecule has 0 amide bonds. The summed E-state index contributed by atoms with van der Waals surface area (Å²) in [5.74, 6) is 0.931. The molecule has 0 saturated heterocycles. The summed E-state index contributed by atoms with van der Waals surface area (Å²) in [6.07, 6.45) is 1.95. The summed E-state index contributed by atoms with van der Waals surface area (Å²) in [5, 5.41) is 25.5. The van der Waals surface area contributed by atoms with E-state index < -0.39 is 4.92 Å². The molecule has 0 fully saturated rings. The van der Waals surface area contributed by atoms with Crippen molar-refractivity contribution in [2.75, 3.05) is 5.32 Å². The molecule has 2 aromatic carbocycles. The summed E-state index contributed by atoms with van der Waals surface area (Å²) in [4.78, 5) is 10.6. The Hall–Kier alpha value is -4.05. The minimum atomic E-state index is -0.444. The first-order valence-corrected chi connectivity index (χ1v) is 9.84. The standard InChI is InChI=1S/C24H22N4O3/c1-24(2,3)26-23-21(15-9-11-16(12-10-15)28(29)30)18(13-25)22(31-23)19-14-27(4)20-8-6-5-7-17(19)20/h5-12,14,26H,1-4H3. The van der Waals surface area contributed by atoms with Crippen LogP contribution in [-0.4, -0.2) is 15.0 Å². The molecule has 7 nitrogen and oxygen atoms in total. The number of furan rings is 1. The van der Waals surface area contributed by atoms with Crippen molar-refractivity contribution in [2.45, 2.75) is 26.3 Å². The van der Waals surface area contributed by atoms with Gasteiger partial charge in [-0.3, -0.25) is 10.1 Å². The number of anilines is 1. The molecule has 2 aromatic heterocycles. The first-order valence-electron chi connectivity index (χ1n) is 9.84. The predicted octanol–water partition coefficient (Wildman–Crippen LogP) is 6.10. The zero-order valence-electron chi connectivity index (χ0n) is 17.8. The summed E-state index contributed by atoms with van der Waals surface area (Å²) in [6, 6.07) is 16.4. The molecule has 0 aliphatic rings. The summed E-state index contributed by atoms with van der Waals surface area (Å²) >= 11 is 0. The number of hydrogen-bond acceptors (Lipinski definition) is 5. The van der Waals surface area contributed by atoms with Crippen LogP contribution in [0.1, 0.15) is 26.3 Å². The van der Waals surface area contributed by atoms with E-state index in [4.69, 9.17) is 4.42 Å². The number of aryl methyl sites for hydroxylation is 1. The monoisotopic (exact) mass is 414 g/mol. The lowest BCUT2D eigenvalue weighted by Crippen LogP contribution is -2.26. The number of aromatic nitrogens is 1. The van der Waals surface area contributed by atoms with Crippen molar-refractivity contribution in [3.8, 4) is 28.5 Å². The van der Waals surface area contributed by atoms with Gasteiger partial charge in [0.25, 0.3) is 5.69 Å². The first kappa shape index (κ1) is 20.2. The van der Waals surface area contributed by atoms with Gasteiger partial charge in [0.15, 0.2) is 5.76 Å². The number of fused-ring (bicyclic) bond motifs is 1. The number of nitro groups is 1. The lowest BCUT2D eigenvalue weighted by atomic mass is 9.99. The van der Waals surface area contributed by atoms with Crippen LogP contribution in [0.3, 0.4) is 0 Å². The molecular weight excluding hydrogens is 392 g/mol. The predicted molar refractivity (Wildman–Crippen MR) is 121 cm³/mol. The summed E-state index contributed by atoms with van der Waals surface area (Å²) < 4.78 is 8.27. The molecule has 2 heterocycles. The van der Waals surface area contributed by atoms with Gasteiger partial charge in [-0.2, -0.15) is 5.26 Å². The van der Waals surface area contributed by atoms with Gasteiger partial charge in [0, 0.05) is 47.4 Å². The fourth-order valence-corrected chi connectivity index (χ4v) is 3.70. The van der Waals surface area contributed by atoms with E-state index in [0.29, 0.717) is 28.3 Å². The van der Waals surface area contributed by atoms with Crippen LogP contribution in [0.5, 0.6) is 0 Å². The Morgan fingerprint density at radius 2 is 1.81 bits per heavy atom. The molecule has 0 spiro atoms. The largest absolute Gasteiger partial charge is 0.439 e. The number of nitrogens with zero attached hydrogens (tertiary/aromatic N) is 3. The Morgan fingerprint density at radius 3 is 2.42 bits per heavy atom. The van der Waals surface area contributed by atoms with E-state index in [1.165, 1.54) is 12.1 Å². The van der Waals surface area contributed by atoms with Crippen LogP contribution in [0.2, 0.25) is 0 Å². The molecule has 0 saturated carbocycles. The maximum atomic E-state index is 11.1. The van der Waals surface area contributed by atoms with Crippen molar-refractivity contribution in [1.82, 2.24) is 4.57 Å². The van der Waals surface area contributed by atoms with Crippen molar-refractivity contribution in [2.24, 2.45) is 7.05 Å². The highest BCUT2D eigenvalue weighted by molar-refractivity contribution is 5.98. The van der Waals surface area contributed by atoms with Gasteiger partial charge in [-0.05, 0) is 44.5 Å². The van der Waals surface area contributed by atoms with Crippen molar-refractivity contribution >= 4 is 22.5 Å². The molecular formula is C24H22N4O3. The zero-order valence-corrected chi connectivity index (χ0v) is 17.8.